The lowest BCUT2D eigenvalue weighted by molar-refractivity contribution is -0.870. The first-order valence-corrected chi connectivity index (χ1v) is 38.2. The summed E-state index contributed by atoms with van der Waals surface area (Å²) in [6.07, 6.45) is 90.5. The van der Waals surface area contributed by atoms with Gasteiger partial charge < -0.3 is 18.9 Å². The highest BCUT2D eigenvalue weighted by Crippen LogP contribution is 2.43. The number of allylic oxidation sites excluding steroid dienone is 12. The Morgan fingerprint density at radius 3 is 0.988 bits per heavy atom. The second kappa shape index (κ2) is 66.9. The van der Waals surface area contributed by atoms with Gasteiger partial charge in [0, 0.05) is 12.8 Å². The number of nitrogens with zero attached hydrogens (tertiary/aromatic N) is 1. The molecule has 0 aliphatic carbocycles. The van der Waals surface area contributed by atoms with Crippen molar-refractivity contribution in [2.75, 3.05) is 47.5 Å². The number of hydrogen-bond acceptors (Lipinski definition) is 7. The molecule has 0 fully saturated rings. The van der Waals surface area contributed by atoms with E-state index in [-0.39, 0.29) is 32.0 Å². The van der Waals surface area contributed by atoms with Crippen LogP contribution in [-0.2, 0) is 32.7 Å². The largest absolute Gasteiger partial charge is 0.472 e. The number of esters is 2. The monoisotopic (exact) mass is 1230 g/mol. The zero-order valence-electron chi connectivity index (χ0n) is 57.3. The number of hydrogen-bond donors (Lipinski definition) is 1. The standard InChI is InChI=1S/C76H140NO8P/c1-6-8-10-12-14-16-18-20-22-24-26-28-30-31-32-33-34-35-36-37-38-39-40-41-42-43-44-45-47-48-50-52-54-56-58-60-62-64-66-68-75(78)82-72-74(73-84-86(80,81)83-71-70-77(3,4)5)85-76(79)69-67-65-63-61-59-57-55-53-51-49-46-29-27-25-23-21-19-17-15-13-11-9-7-2/h9,11,15,17,21,23,27,29,49,51,55,57,74H,6-8,10,12-14,16,18-20,22,24-26,28,30-48,50,52-54,56,58-73H2,1-5H3/p+1/b11-9-,17-15-,23-21-,29-27-,51-49-,57-55-. The third kappa shape index (κ3) is 70.5. The molecule has 0 aromatic rings. The van der Waals surface area contributed by atoms with Crippen molar-refractivity contribution < 1.29 is 42.1 Å². The molecule has 86 heavy (non-hydrogen) atoms. The van der Waals surface area contributed by atoms with Crippen molar-refractivity contribution in [1.82, 2.24) is 0 Å². The molecule has 0 spiro atoms. The molecule has 1 N–H and O–H groups in total. The fraction of sp³-hybridized carbons (Fsp3) is 0.816. The van der Waals surface area contributed by atoms with Gasteiger partial charge >= 0.3 is 19.8 Å². The van der Waals surface area contributed by atoms with Crippen LogP contribution in [0.5, 0.6) is 0 Å². The van der Waals surface area contributed by atoms with E-state index in [0.717, 1.165) is 83.5 Å². The summed E-state index contributed by atoms with van der Waals surface area (Å²) in [4.78, 5) is 35.8. The summed E-state index contributed by atoms with van der Waals surface area (Å²) in [6, 6.07) is 0. The highest BCUT2D eigenvalue weighted by molar-refractivity contribution is 7.47. The predicted molar refractivity (Wildman–Crippen MR) is 372 cm³/mol. The maximum atomic E-state index is 12.9. The maximum Gasteiger partial charge on any atom is 0.472 e. The molecule has 0 saturated carbocycles. The number of ether oxygens (including phenoxy) is 2. The molecule has 0 aromatic heterocycles. The number of carbonyl (C=O) groups is 2. The molecule has 9 nitrogen and oxygen atoms in total. The number of likely N-dealkylation sites (N-methyl/N-ethyl adjacent to an activating group) is 1. The molecular formula is C76H141NO8P+. The quantitative estimate of drug-likeness (QED) is 0.0211. The summed E-state index contributed by atoms with van der Waals surface area (Å²) in [5.74, 6) is -0.816. The van der Waals surface area contributed by atoms with Gasteiger partial charge in [-0.1, -0.05) is 344 Å². The molecule has 0 amide bonds. The van der Waals surface area contributed by atoms with Gasteiger partial charge in [0.1, 0.15) is 19.8 Å². The van der Waals surface area contributed by atoms with Gasteiger partial charge in [-0.25, -0.2) is 4.57 Å². The molecule has 502 valence electrons. The van der Waals surface area contributed by atoms with Gasteiger partial charge in [-0.3, -0.25) is 18.6 Å². The highest BCUT2D eigenvalue weighted by Gasteiger charge is 2.27. The van der Waals surface area contributed by atoms with Crippen molar-refractivity contribution in [1.29, 1.82) is 0 Å². The first-order valence-electron chi connectivity index (χ1n) is 36.7. The van der Waals surface area contributed by atoms with Crippen molar-refractivity contribution in [3.05, 3.63) is 72.9 Å². The summed E-state index contributed by atoms with van der Waals surface area (Å²) >= 11 is 0. The topological polar surface area (TPSA) is 108 Å². The number of quaternary nitrogens is 1. The van der Waals surface area contributed by atoms with Crippen LogP contribution < -0.4 is 0 Å². The number of phosphoric ester groups is 1. The van der Waals surface area contributed by atoms with Crippen molar-refractivity contribution in [3.63, 3.8) is 0 Å². The Morgan fingerprint density at radius 2 is 0.663 bits per heavy atom. The lowest BCUT2D eigenvalue weighted by Crippen LogP contribution is -2.37. The van der Waals surface area contributed by atoms with E-state index in [1.807, 2.05) is 21.1 Å². The zero-order valence-corrected chi connectivity index (χ0v) is 58.2. The average molecular weight is 1230 g/mol. The number of phosphoric acid groups is 1. The summed E-state index contributed by atoms with van der Waals surface area (Å²) in [5, 5.41) is 0. The molecule has 0 aliphatic rings. The van der Waals surface area contributed by atoms with Crippen molar-refractivity contribution >= 4 is 19.8 Å². The Hall–Kier alpha value is -2.55. The Morgan fingerprint density at radius 1 is 0.372 bits per heavy atom. The van der Waals surface area contributed by atoms with Crippen LogP contribution in [0.25, 0.3) is 0 Å². The van der Waals surface area contributed by atoms with Crippen LogP contribution in [0, 0.1) is 0 Å². The molecule has 0 aliphatic heterocycles. The summed E-state index contributed by atoms with van der Waals surface area (Å²) in [6.45, 7) is 4.33. The molecule has 0 heterocycles. The van der Waals surface area contributed by atoms with Crippen LogP contribution >= 0.6 is 7.82 Å². The average Bonchev–Trinajstić information content (AvgIpc) is 3.56. The molecule has 0 saturated heterocycles. The molecular weight excluding hydrogens is 1090 g/mol. The van der Waals surface area contributed by atoms with Gasteiger partial charge in [0.05, 0.1) is 27.7 Å². The second-order valence-corrected chi connectivity index (χ2v) is 27.4. The SMILES string of the molecule is CC/C=C\C/C=C\C/C=C\C/C=C\C/C=C\C/C=C\CCCCCCC(=O)OC(COC(=O)CCCCCCCCCCCCCCCCCCCCCCCCCCCCCCCCCCCCCCCCC)COP(=O)(O)OCC[N+](C)(C)C. The summed E-state index contributed by atoms with van der Waals surface area (Å²) in [5.41, 5.74) is 0. The maximum absolute atomic E-state index is 12.9. The van der Waals surface area contributed by atoms with E-state index in [1.165, 1.54) is 231 Å². The highest BCUT2D eigenvalue weighted by atomic mass is 31.2. The first kappa shape index (κ1) is 83.5. The Balaban J connectivity index is 3.94. The molecule has 0 radical (unpaired) electrons. The van der Waals surface area contributed by atoms with Gasteiger partial charge in [-0.05, 0) is 64.2 Å². The zero-order chi connectivity index (χ0) is 62.6. The van der Waals surface area contributed by atoms with E-state index in [9.17, 15) is 19.0 Å². The third-order valence-electron chi connectivity index (χ3n) is 16.3. The molecule has 0 rings (SSSR count). The van der Waals surface area contributed by atoms with Crippen LogP contribution in [0.1, 0.15) is 348 Å². The molecule has 2 atom stereocenters. The van der Waals surface area contributed by atoms with Gasteiger partial charge in [-0.15, -0.1) is 0 Å². The Bertz CT molecular complexity index is 1680. The minimum Gasteiger partial charge on any atom is -0.462 e. The van der Waals surface area contributed by atoms with E-state index < -0.39 is 26.5 Å². The predicted octanol–water partition coefficient (Wildman–Crippen LogP) is 23.9. The number of carbonyl (C=O) groups excluding carboxylic acids is 2. The van der Waals surface area contributed by atoms with E-state index in [0.29, 0.717) is 17.4 Å². The van der Waals surface area contributed by atoms with Crippen LogP contribution in [0.2, 0.25) is 0 Å². The minimum absolute atomic E-state index is 0.0244. The lowest BCUT2D eigenvalue weighted by Gasteiger charge is -2.24. The molecule has 10 heteroatoms. The number of unbranched alkanes of at least 4 members (excludes halogenated alkanes) is 42. The lowest BCUT2D eigenvalue weighted by atomic mass is 10.0. The van der Waals surface area contributed by atoms with Crippen LogP contribution in [0.15, 0.2) is 72.9 Å². The Kier molecular flexibility index (Phi) is 64.9. The molecule has 0 bridgehead atoms. The van der Waals surface area contributed by atoms with Crippen molar-refractivity contribution in [2.24, 2.45) is 0 Å². The molecule has 0 aromatic carbocycles. The Labute approximate surface area is 533 Å². The van der Waals surface area contributed by atoms with Gasteiger partial charge in [-0.2, -0.15) is 0 Å². The van der Waals surface area contributed by atoms with Crippen LogP contribution in [-0.4, -0.2) is 74.9 Å². The van der Waals surface area contributed by atoms with E-state index in [2.05, 4.69) is 86.8 Å². The van der Waals surface area contributed by atoms with E-state index >= 15 is 0 Å². The van der Waals surface area contributed by atoms with Crippen LogP contribution in [0.4, 0.5) is 0 Å². The van der Waals surface area contributed by atoms with E-state index in [1.54, 1.807) is 0 Å². The molecule has 2 unspecified atom stereocenters. The van der Waals surface area contributed by atoms with Crippen molar-refractivity contribution in [3.8, 4) is 0 Å². The minimum atomic E-state index is -4.40. The summed E-state index contributed by atoms with van der Waals surface area (Å²) in [7, 11) is 1.46. The normalized spacial score (nSPS) is 13.5. The van der Waals surface area contributed by atoms with Gasteiger partial charge in [0.2, 0.25) is 0 Å². The number of rotatable bonds is 68. The second-order valence-electron chi connectivity index (χ2n) is 26.0. The van der Waals surface area contributed by atoms with Gasteiger partial charge in [0.15, 0.2) is 6.10 Å². The van der Waals surface area contributed by atoms with E-state index in [4.69, 9.17) is 18.5 Å². The fourth-order valence-electron chi connectivity index (χ4n) is 10.7. The first-order chi connectivity index (χ1) is 42.0. The van der Waals surface area contributed by atoms with Crippen LogP contribution in [0.3, 0.4) is 0 Å². The van der Waals surface area contributed by atoms with Gasteiger partial charge in [0.25, 0.3) is 0 Å². The fourth-order valence-corrected chi connectivity index (χ4v) is 11.4. The third-order valence-corrected chi connectivity index (χ3v) is 17.2. The summed E-state index contributed by atoms with van der Waals surface area (Å²) < 4.78 is 34.7. The smallest absolute Gasteiger partial charge is 0.462 e. The van der Waals surface area contributed by atoms with Crippen molar-refractivity contribution in [2.45, 2.75) is 354 Å².